The lowest BCUT2D eigenvalue weighted by Crippen LogP contribution is -2.16. The fourth-order valence-corrected chi connectivity index (χ4v) is 4.59. The van der Waals surface area contributed by atoms with E-state index in [9.17, 15) is 13.2 Å². The fourth-order valence-electron chi connectivity index (χ4n) is 3.42. The minimum absolute atomic E-state index is 0.00884. The topological polar surface area (TPSA) is 164 Å². The average molecular weight is 529 g/mol. The summed E-state index contributed by atoms with van der Waals surface area (Å²) in [6.45, 7) is 0. The summed E-state index contributed by atoms with van der Waals surface area (Å²) >= 11 is 0. The number of ether oxygens (including phenoxy) is 4. The third kappa shape index (κ3) is 6.35. The Bertz CT molecular complexity index is 1410. The van der Waals surface area contributed by atoms with E-state index >= 15 is 0 Å². The second-order valence-corrected chi connectivity index (χ2v) is 9.24. The second-order valence-electron chi connectivity index (χ2n) is 7.59. The smallest absolute Gasteiger partial charge is 0.264 e. The molecule has 3 aromatic rings. The molecule has 0 heterocycles. The molecule has 0 spiro atoms. The highest BCUT2D eigenvalue weighted by molar-refractivity contribution is 7.92. The van der Waals surface area contributed by atoms with Crippen molar-refractivity contribution < 1.29 is 32.2 Å². The van der Waals surface area contributed by atoms with E-state index in [0.717, 1.165) is 0 Å². The van der Waals surface area contributed by atoms with E-state index in [2.05, 4.69) is 10.0 Å². The number of amides is 1. The van der Waals surface area contributed by atoms with Gasteiger partial charge < -0.3 is 35.7 Å². The molecular weight excluding hydrogens is 500 g/mol. The van der Waals surface area contributed by atoms with Crippen LogP contribution in [0.5, 0.6) is 23.0 Å². The molecule has 0 aromatic heterocycles. The van der Waals surface area contributed by atoms with Crippen molar-refractivity contribution in [2.75, 3.05) is 49.9 Å². The molecule has 1 amide bonds. The first kappa shape index (κ1) is 27.0. The van der Waals surface area contributed by atoms with Crippen molar-refractivity contribution in [2.24, 2.45) is 0 Å². The highest BCUT2D eigenvalue weighted by atomic mass is 32.2. The Morgan fingerprint density at radius 2 is 1.49 bits per heavy atom. The zero-order valence-electron chi connectivity index (χ0n) is 20.7. The molecule has 0 atom stereocenters. The van der Waals surface area contributed by atoms with E-state index < -0.39 is 15.9 Å². The lowest BCUT2D eigenvalue weighted by molar-refractivity contribution is -0.111. The SMILES string of the molecule is COc1cc(OC)c(C=CC(=O)Nc2ccc(OC)c(NS(=O)(=O)c3ccc(N)cc3N)c2)c(OC)c1. The lowest BCUT2D eigenvalue weighted by Gasteiger charge is -2.15. The van der Waals surface area contributed by atoms with Crippen LogP contribution < -0.4 is 40.5 Å². The Morgan fingerprint density at radius 3 is 2.05 bits per heavy atom. The van der Waals surface area contributed by atoms with Crippen molar-refractivity contribution in [2.45, 2.75) is 4.90 Å². The average Bonchev–Trinajstić information content (AvgIpc) is 2.86. The van der Waals surface area contributed by atoms with Crippen LogP contribution in [0.3, 0.4) is 0 Å². The predicted octanol–water partition coefficient (Wildman–Crippen LogP) is 3.34. The van der Waals surface area contributed by atoms with Crippen LogP contribution >= 0.6 is 0 Å². The van der Waals surface area contributed by atoms with Gasteiger partial charge in [-0.3, -0.25) is 9.52 Å². The van der Waals surface area contributed by atoms with Gasteiger partial charge >= 0.3 is 0 Å². The summed E-state index contributed by atoms with van der Waals surface area (Å²) in [4.78, 5) is 12.5. The molecule has 196 valence electrons. The number of nitrogens with one attached hydrogen (secondary N) is 2. The van der Waals surface area contributed by atoms with Gasteiger partial charge in [0.1, 0.15) is 27.9 Å². The Balaban J connectivity index is 1.85. The number of anilines is 4. The molecule has 12 heteroatoms. The maximum Gasteiger partial charge on any atom is 0.264 e. The molecule has 0 aliphatic carbocycles. The van der Waals surface area contributed by atoms with Gasteiger partial charge in [0.25, 0.3) is 10.0 Å². The standard InChI is InChI=1S/C25H28N4O7S/c1-33-17-13-22(35-3)18(23(14-17)36-4)7-10-25(30)28-16-6-8-21(34-2)20(12-16)29-37(31,32)24-9-5-15(26)11-19(24)27/h5-14,29H,26-27H2,1-4H3,(H,28,30). The van der Waals surface area contributed by atoms with Crippen molar-refractivity contribution in [3.05, 3.63) is 60.2 Å². The molecule has 0 fully saturated rings. The van der Waals surface area contributed by atoms with Gasteiger partial charge in [-0.15, -0.1) is 0 Å². The van der Waals surface area contributed by atoms with Crippen LogP contribution in [0.15, 0.2) is 59.5 Å². The summed E-state index contributed by atoms with van der Waals surface area (Å²) in [5.41, 5.74) is 12.8. The first-order valence-corrected chi connectivity index (χ1v) is 12.2. The predicted molar refractivity (Wildman–Crippen MR) is 143 cm³/mol. The largest absolute Gasteiger partial charge is 0.496 e. The number of hydrogen-bond donors (Lipinski definition) is 4. The van der Waals surface area contributed by atoms with Gasteiger partial charge in [-0.25, -0.2) is 8.42 Å². The molecule has 0 radical (unpaired) electrons. The van der Waals surface area contributed by atoms with E-state index in [-0.39, 0.29) is 22.0 Å². The van der Waals surface area contributed by atoms with Crippen LogP contribution in [0.1, 0.15) is 5.56 Å². The Labute approximate surface area is 215 Å². The minimum Gasteiger partial charge on any atom is -0.496 e. The minimum atomic E-state index is -4.08. The van der Waals surface area contributed by atoms with E-state index in [4.69, 9.17) is 30.4 Å². The summed E-state index contributed by atoms with van der Waals surface area (Å²) in [6.07, 6.45) is 2.82. The summed E-state index contributed by atoms with van der Waals surface area (Å²) in [7, 11) is 1.81. The molecule has 3 rings (SSSR count). The van der Waals surface area contributed by atoms with Crippen molar-refractivity contribution >= 4 is 44.8 Å². The van der Waals surface area contributed by atoms with Crippen LogP contribution in [-0.2, 0) is 14.8 Å². The third-order valence-electron chi connectivity index (χ3n) is 5.19. The number of carbonyl (C=O) groups excluding carboxylic acids is 1. The lowest BCUT2D eigenvalue weighted by atomic mass is 10.1. The van der Waals surface area contributed by atoms with Gasteiger partial charge in [0.05, 0.1) is 45.4 Å². The number of carbonyl (C=O) groups is 1. The van der Waals surface area contributed by atoms with Gasteiger partial charge in [0.15, 0.2) is 0 Å². The number of benzene rings is 3. The van der Waals surface area contributed by atoms with Crippen molar-refractivity contribution in [1.82, 2.24) is 0 Å². The number of methoxy groups -OCH3 is 4. The van der Waals surface area contributed by atoms with E-state index in [1.54, 1.807) is 18.2 Å². The van der Waals surface area contributed by atoms with Crippen molar-refractivity contribution in [3.8, 4) is 23.0 Å². The van der Waals surface area contributed by atoms with E-state index in [1.165, 1.54) is 70.9 Å². The molecule has 0 aliphatic rings. The van der Waals surface area contributed by atoms with E-state index in [1.807, 2.05) is 0 Å². The fraction of sp³-hybridized carbons (Fsp3) is 0.160. The summed E-state index contributed by atoms with van der Waals surface area (Å²) in [5, 5.41) is 2.68. The Hall–Kier alpha value is -4.58. The number of nitrogen functional groups attached to an aromatic ring is 2. The van der Waals surface area contributed by atoms with Crippen LogP contribution in [0.4, 0.5) is 22.7 Å². The first-order chi connectivity index (χ1) is 17.6. The van der Waals surface area contributed by atoms with Crippen molar-refractivity contribution in [1.29, 1.82) is 0 Å². The third-order valence-corrected chi connectivity index (χ3v) is 6.63. The molecular formula is C25H28N4O7S. The molecule has 37 heavy (non-hydrogen) atoms. The maximum absolute atomic E-state index is 12.9. The summed E-state index contributed by atoms with van der Waals surface area (Å²) in [5.74, 6) is 1.18. The van der Waals surface area contributed by atoms with Crippen LogP contribution in [-0.4, -0.2) is 42.8 Å². The molecule has 11 nitrogen and oxygen atoms in total. The van der Waals surface area contributed by atoms with Gasteiger partial charge in [-0.05, 0) is 42.5 Å². The van der Waals surface area contributed by atoms with E-state index in [0.29, 0.717) is 34.2 Å². The van der Waals surface area contributed by atoms with Gasteiger partial charge in [-0.1, -0.05) is 0 Å². The molecule has 0 unspecified atom stereocenters. The zero-order valence-corrected chi connectivity index (χ0v) is 21.5. The molecule has 0 bridgehead atoms. The maximum atomic E-state index is 12.9. The number of hydrogen-bond acceptors (Lipinski definition) is 9. The van der Waals surface area contributed by atoms with Crippen LogP contribution in [0, 0.1) is 0 Å². The molecule has 0 saturated carbocycles. The normalized spacial score (nSPS) is 11.1. The highest BCUT2D eigenvalue weighted by Gasteiger charge is 2.20. The second kappa shape index (κ2) is 11.4. The highest BCUT2D eigenvalue weighted by Crippen LogP contribution is 2.35. The van der Waals surface area contributed by atoms with Crippen molar-refractivity contribution in [3.63, 3.8) is 0 Å². The number of nitrogens with two attached hydrogens (primary N) is 2. The number of rotatable bonds is 10. The molecule has 3 aromatic carbocycles. The quantitative estimate of drug-likeness (QED) is 0.228. The summed E-state index contributed by atoms with van der Waals surface area (Å²) < 4.78 is 49.6. The Kier molecular flexibility index (Phi) is 8.35. The van der Waals surface area contributed by atoms with Crippen LogP contribution in [0.2, 0.25) is 0 Å². The first-order valence-electron chi connectivity index (χ1n) is 10.8. The Morgan fingerprint density at radius 1 is 0.838 bits per heavy atom. The molecule has 0 saturated heterocycles. The zero-order chi connectivity index (χ0) is 27.2. The van der Waals surface area contributed by atoms with Gasteiger partial charge in [-0.2, -0.15) is 0 Å². The van der Waals surface area contributed by atoms with Gasteiger partial charge in [0, 0.05) is 29.6 Å². The monoisotopic (exact) mass is 528 g/mol. The van der Waals surface area contributed by atoms with Gasteiger partial charge in [0.2, 0.25) is 5.91 Å². The summed E-state index contributed by atoms with van der Waals surface area (Å²) in [6, 6.07) is 11.9. The van der Waals surface area contributed by atoms with Crippen LogP contribution in [0.25, 0.3) is 6.08 Å². The molecule has 6 N–H and O–H groups in total. The number of sulfonamides is 1. The molecule has 0 aliphatic heterocycles.